The van der Waals surface area contributed by atoms with E-state index in [4.69, 9.17) is 40.9 Å². The quantitative estimate of drug-likeness (QED) is 0.192. The molecule has 0 aromatic heterocycles. The van der Waals surface area contributed by atoms with E-state index in [2.05, 4.69) is 17.6 Å². The van der Waals surface area contributed by atoms with Gasteiger partial charge in [0.1, 0.15) is 0 Å². The third kappa shape index (κ3) is 13.8. The fraction of sp³-hybridized carbons (Fsp3) is 0.692. The van der Waals surface area contributed by atoms with Gasteiger partial charge in [0, 0.05) is 25.7 Å². The zero-order chi connectivity index (χ0) is 21.7. The summed E-state index contributed by atoms with van der Waals surface area (Å²) in [6.45, 7) is 5.57. The molecule has 28 heavy (non-hydrogen) atoms. The average molecular weight is 418 g/mol. The number of aliphatic hydroxyl groups is 4. The van der Waals surface area contributed by atoms with Crippen LogP contribution in [0.2, 0.25) is 0 Å². The number of carboxylic acid groups (broad SMARTS) is 4. The molecule has 0 radical (unpaired) electrons. The summed E-state index contributed by atoms with van der Waals surface area (Å²) in [5, 5.41) is 71.6. The van der Waals surface area contributed by atoms with Crippen molar-refractivity contribution in [2.45, 2.75) is 37.4 Å². The molecule has 15 nitrogen and oxygen atoms in total. The summed E-state index contributed by atoms with van der Waals surface area (Å²) in [5.41, 5.74) is 0. The normalized spacial score (nSPS) is 19.5. The van der Waals surface area contributed by atoms with Crippen LogP contribution in [0.4, 0.5) is 0 Å². The molecule has 15 heteroatoms. The van der Waals surface area contributed by atoms with E-state index in [-0.39, 0.29) is 5.48 Å². The summed E-state index contributed by atoms with van der Waals surface area (Å²) >= 11 is 0. The van der Waals surface area contributed by atoms with Crippen LogP contribution in [0.25, 0.3) is 0 Å². The van der Waals surface area contributed by atoms with Crippen molar-refractivity contribution in [3.05, 3.63) is 0 Å². The van der Waals surface area contributed by atoms with E-state index in [0.29, 0.717) is 6.04 Å². The highest BCUT2D eigenvalue weighted by molar-refractivity contribution is 5.83. The van der Waals surface area contributed by atoms with Crippen molar-refractivity contribution in [2.24, 2.45) is 0 Å². The van der Waals surface area contributed by atoms with Crippen molar-refractivity contribution in [2.75, 3.05) is 19.6 Å². The minimum absolute atomic E-state index is 0. The maximum Gasteiger partial charge on any atom is 0.335 e. The summed E-state index contributed by atoms with van der Waals surface area (Å²) in [5.74, 6) is -7.07. The second-order valence-electron chi connectivity index (χ2n) is 5.19. The Morgan fingerprint density at radius 3 is 1.11 bits per heavy atom. The van der Waals surface area contributed by atoms with E-state index >= 15 is 0 Å². The molecule has 1 aliphatic heterocycles. The van der Waals surface area contributed by atoms with E-state index in [1.165, 1.54) is 0 Å². The number of aliphatic carboxylic acids is 4. The molecule has 0 aromatic rings. The number of rotatable bonds is 6. The Bertz CT molecular complexity index is 423. The number of aliphatic hydroxyl groups excluding tert-OH is 4. The number of hydrogen-bond donors (Lipinski definition) is 10. The van der Waals surface area contributed by atoms with Crippen molar-refractivity contribution in [1.82, 2.24) is 10.6 Å². The Balaban J connectivity index is -0.000000333. The second-order valence-corrected chi connectivity index (χ2v) is 5.19. The first-order chi connectivity index (χ1) is 12.3. The molecule has 0 amide bonds. The van der Waals surface area contributed by atoms with Gasteiger partial charge in [-0.2, -0.15) is 0 Å². The molecule has 166 valence electrons. The molecule has 0 aliphatic carbocycles. The highest BCUT2D eigenvalue weighted by Crippen LogP contribution is 1.93. The van der Waals surface area contributed by atoms with Gasteiger partial charge in [-0.05, 0) is 6.92 Å². The minimum Gasteiger partial charge on any atom is -0.479 e. The lowest BCUT2D eigenvalue weighted by Crippen LogP contribution is -2.46. The second kappa shape index (κ2) is 15.6. The van der Waals surface area contributed by atoms with E-state index in [1.54, 1.807) is 0 Å². The Morgan fingerprint density at radius 2 is 1.00 bits per heavy atom. The van der Waals surface area contributed by atoms with Crippen molar-refractivity contribution in [3.8, 4) is 0 Å². The fourth-order valence-electron chi connectivity index (χ4n) is 1.34. The standard InChI is InChI=1S/C5H12N2.2C4H6O6.H2O/c1-5-4-6-2-3-7-5;2*5-1(3(7)8)2(6)4(9)10;/h5-7H,2-4H2,1H3;2*1-2,5-6H,(H,7,8)(H,9,10);1H2. The van der Waals surface area contributed by atoms with Crippen LogP contribution in [0.15, 0.2) is 0 Å². The fourth-order valence-corrected chi connectivity index (χ4v) is 1.34. The van der Waals surface area contributed by atoms with Crippen molar-refractivity contribution in [3.63, 3.8) is 0 Å². The van der Waals surface area contributed by atoms with Gasteiger partial charge >= 0.3 is 23.9 Å². The number of carbonyl (C=O) groups is 4. The zero-order valence-electron chi connectivity index (χ0n) is 14.7. The predicted octanol–water partition coefficient (Wildman–Crippen LogP) is -5.50. The summed E-state index contributed by atoms with van der Waals surface area (Å²) in [4.78, 5) is 39.1. The number of nitrogens with one attached hydrogen (secondary N) is 2. The highest BCUT2D eigenvalue weighted by atomic mass is 16.4. The average Bonchev–Trinajstić information content (AvgIpc) is 2.60. The van der Waals surface area contributed by atoms with Gasteiger partial charge < -0.3 is 57.0 Å². The van der Waals surface area contributed by atoms with Crippen LogP contribution in [-0.4, -0.2) is 120 Å². The molecular weight excluding hydrogens is 392 g/mol. The van der Waals surface area contributed by atoms with Gasteiger partial charge in [-0.25, -0.2) is 19.2 Å². The Morgan fingerprint density at radius 1 is 0.714 bits per heavy atom. The minimum atomic E-state index is -2.27. The lowest BCUT2D eigenvalue weighted by atomic mass is 10.2. The molecule has 5 atom stereocenters. The number of piperazine rings is 1. The maximum absolute atomic E-state index is 9.77. The van der Waals surface area contributed by atoms with E-state index < -0.39 is 48.3 Å². The molecule has 1 heterocycles. The van der Waals surface area contributed by atoms with Crippen LogP contribution >= 0.6 is 0 Å². The monoisotopic (exact) mass is 418 g/mol. The Labute approximate surface area is 158 Å². The molecule has 0 bridgehead atoms. The Kier molecular flexibility index (Phi) is 16.9. The van der Waals surface area contributed by atoms with Gasteiger partial charge in [0.2, 0.25) is 0 Å². The van der Waals surface area contributed by atoms with Gasteiger partial charge in [0.15, 0.2) is 24.4 Å². The van der Waals surface area contributed by atoms with Crippen LogP contribution in [0.5, 0.6) is 0 Å². The molecule has 5 unspecified atom stereocenters. The zero-order valence-corrected chi connectivity index (χ0v) is 14.7. The van der Waals surface area contributed by atoms with Crippen LogP contribution in [-0.2, 0) is 19.2 Å². The number of hydrogen-bond acceptors (Lipinski definition) is 10. The molecule has 0 aromatic carbocycles. The summed E-state index contributed by atoms with van der Waals surface area (Å²) in [6, 6.07) is 0.675. The van der Waals surface area contributed by atoms with Gasteiger partial charge in [-0.15, -0.1) is 0 Å². The smallest absolute Gasteiger partial charge is 0.335 e. The van der Waals surface area contributed by atoms with Gasteiger partial charge in [-0.3, -0.25) is 0 Å². The van der Waals surface area contributed by atoms with Crippen molar-refractivity contribution in [1.29, 1.82) is 0 Å². The largest absolute Gasteiger partial charge is 0.479 e. The molecular formula is C13H26N2O13. The third-order valence-electron chi connectivity index (χ3n) is 2.86. The van der Waals surface area contributed by atoms with Crippen LogP contribution < -0.4 is 10.6 Å². The van der Waals surface area contributed by atoms with Crippen LogP contribution in [0.1, 0.15) is 6.92 Å². The van der Waals surface area contributed by atoms with E-state index in [1.807, 2.05) is 0 Å². The predicted molar refractivity (Wildman–Crippen MR) is 88.5 cm³/mol. The third-order valence-corrected chi connectivity index (χ3v) is 2.86. The SMILES string of the molecule is CC1CNCCN1.O.O=C(O)C(O)C(O)C(=O)O.O=C(O)C(O)C(O)C(=O)O. The first-order valence-electron chi connectivity index (χ1n) is 7.40. The first kappa shape index (κ1) is 30.3. The highest BCUT2D eigenvalue weighted by Gasteiger charge is 2.30. The molecule has 0 saturated carbocycles. The maximum atomic E-state index is 9.77. The van der Waals surface area contributed by atoms with Gasteiger partial charge in [-0.1, -0.05) is 0 Å². The summed E-state index contributed by atoms with van der Waals surface area (Å²) in [7, 11) is 0. The van der Waals surface area contributed by atoms with E-state index in [0.717, 1.165) is 19.6 Å². The van der Waals surface area contributed by atoms with Crippen molar-refractivity contribution >= 4 is 23.9 Å². The van der Waals surface area contributed by atoms with Gasteiger partial charge in [0.25, 0.3) is 0 Å². The molecule has 0 spiro atoms. The van der Waals surface area contributed by atoms with Crippen LogP contribution in [0.3, 0.4) is 0 Å². The van der Waals surface area contributed by atoms with Crippen molar-refractivity contribution < 1.29 is 65.5 Å². The molecule has 12 N–H and O–H groups in total. The first-order valence-corrected chi connectivity index (χ1v) is 7.40. The lowest BCUT2D eigenvalue weighted by Gasteiger charge is -2.19. The molecule has 1 rings (SSSR count). The topological polar surface area (TPSA) is 286 Å². The summed E-state index contributed by atoms with van der Waals surface area (Å²) < 4.78 is 0. The van der Waals surface area contributed by atoms with Gasteiger partial charge in [0.05, 0.1) is 0 Å². The molecule has 1 aliphatic rings. The van der Waals surface area contributed by atoms with E-state index in [9.17, 15) is 19.2 Å². The Hall–Kier alpha value is -2.40. The lowest BCUT2D eigenvalue weighted by molar-refractivity contribution is -0.165. The molecule has 1 saturated heterocycles. The van der Waals surface area contributed by atoms with Crippen LogP contribution in [0, 0.1) is 0 Å². The number of carboxylic acids is 4. The summed E-state index contributed by atoms with van der Waals surface area (Å²) in [6.07, 6.45) is -9.06. The molecule has 1 fully saturated rings.